The third-order valence-electron chi connectivity index (χ3n) is 2.27. The molecule has 0 aliphatic carbocycles. The summed E-state index contributed by atoms with van der Waals surface area (Å²) in [6, 6.07) is 5.57. The maximum Gasteiger partial charge on any atom is 0.124 e. The molecule has 0 radical (unpaired) electrons. The van der Waals surface area contributed by atoms with Crippen LogP contribution in [0.4, 0.5) is 0 Å². The van der Waals surface area contributed by atoms with Gasteiger partial charge in [-0.05, 0) is 18.2 Å². The number of hydrogen-bond donors (Lipinski definition) is 2. The van der Waals surface area contributed by atoms with Gasteiger partial charge in [-0.1, -0.05) is 25.4 Å². The van der Waals surface area contributed by atoms with Gasteiger partial charge in [-0.3, -0.25) is 0 Å². The highest BCUT2D eigenvalue weighted by atomic mass is 35.5. The van der Waals surface area contributed by atoms with E-state index in [0.29, 0.717) is 28.9 Å². The Morgan fingerprint density at radius 1 is 1.44 bits per heavy atom. The second-order valence-electron chi connectivity index (χ2n) is 3.97. The van der Waals surface area contributed by atoms with Gasteiger partial charge in [-0.2, -0.15) is 0 Å². The molecule has 90 valence electrons. The Bertz CT molecular complexity index is 342. The van der Waals surface area contributed by atoms with Gasteiger partial charge in [0.1, 0.15) is 5.75 Å². The van der Waals surface area contributed by atoms with Crippen LogP contribution < -0.4 is 10.1 Å². The number of nitrogens with one attached hydrogen (secondary N) is 1. The zero-order valence-corrected chi connectivity index (χ0v) is 10.6. The summed E-state index contributed by atoms with van der Waals surface area (Å²) < 4.78 is 5.18. The van der Waals surface area contributed by atoms with Crippen molar-refractivity contribution in [3.63, 3.8) is 0 Å². The van der Waals surface area contributed by atoms with Gasteiger partial charge in [-0.25, -0.2) is 0 Å². The number of hydrogen-bond acceptors (Lipinski definition) is 3. The molecular formula is C12H18ClNO2. The molecule has 0 aliphatic rings. The predicted octanol–water partition coefficient (Wildman–Crippen LogP) is 2.38. The van der Waals surface area contributed by atoms with Crippen LogP contribution in [0.5, 0.6) is 5.75 Å². The Labute approximate surface area is 101 Å². The molecule has 0 fully saturated rings. The van der Waals surface area contributed by atoms with Crippen LogP contribution in [0.1, 0.15) is 25.5 Å². The predicted molar refractivity (Wildman–Crippen MR) is 66.1 cm³/mol. The average molecular weight is 244 g/mol. The molecule has 1 unspecified atom stereocenters. The van der Waals surface area contributed by atoms with Gasteiger partial charge in [0.2, 0.25) is 0 Å². The molecule has 1 rings (SSSR count). The molecule has 1 aromatic rings. The molecule has 0 amide bonds. The molecule has 0 heterocycles. The monoisotopic (exact) mass is 243 g/mol. The highest BCUT2D eigenvalue weighted by Crippen LogP contribution is 2.27. The van der Waals surface area contributed by atoms with Crippen LogP contribution >= 0.6 is 11.6 Å². The summed E-state index contributed by atoms with van der Waals surface area (Å²) >= 11 is 5.89. The van der Waals surface area contributed by atoms with Gasteiger partial charge in [0.25, 0.3) is 0 Å². The fraction of sp³-hybridized carbons (Fsp3) is 0.500. The van der Waals surface area contributed by atoms with E-state index in [1.54, 1.807) is 25.3 Å². The van der Waals surface area contributed by atoms with Gasteiger partial charge in [-0.15, -0.1) is 0 Å². The summed E-state index contributed by atoms with van der Waals surface area (Å²) in [6.07, 6.45) is -0.615. The largest absolute Gasteiger partial charge is 0.496 e. The first-order chi connectivity index (χ1) is 7.54. The summed E-state index contributed by atoms with van der Waals surface area (Å²) in [4.78, 5) is 0. The Morgan fingerprint density at radius 2 is 2.12 bits per heavy atom. The number of rotatable bonds is 5. The molecule has 1 atom stereocenters. The fourth-order valence-electron chi connectivity index (χ4n) is 1.42. The van der Waals surface area contributed by atoms with Crippen LogP contribution in [-0.2, 0) is 0 Å². The van der Waals surface area contributed by atoms with Gasteiger partial charge in [0.15, 0.2) is 0 Å². The summed E-state index contributed by atoms with van der Waals surface area (Å²) in [5.41, 5.74) is 0.711. The summed E-state index contributed by atoms with van der Waals surface area (Å²) in [7, 11) is 1.58. The Morgan fingerprint density at radius 3 is 2.69 bits per heavy atom. The molecule has 4 heteroatoms. The van der Waals surface area contributed by atoms with Crippen LogP contribution in [0.15, 0.2) is 18.2 Å². The topological polar surface area (TPSA) is 41.5 Å². The number of ether oxygens (including phenoxy) is 1. The first-order valence-electron chi connectivity index (χ1n) is 5.29. The van der Waals surface area contributed by atoms with E-state index in [2.05, 4.69) is 5.32 Å². The minimum absolute atomic E-state index is 0.333. The van der Waals surface area contributed by atoms with Crippen molar-refractivity contribution in [1.82, 2.24) is 5.32 Å². The first kappa shape index (κ1) is 13.3. The second-order valence-corrected chi connectivity index (χ2v) is 4.40. The summed E-state index contributed by atoms with van der Waals surface area (Å²) in [6.45, 7) is 4.54. The highest BCUT2D eigenvalue weighted by molar-refractivity contribution is 6.30. The Kier molecular flexibility index (Phi) is 5.06. The molecule has 1 aromatic carbocycles. The Balaban J connectivity index is 2.80. The Hall–Kier alpha value is -0.770. The lowest BCUT2D eigenvalue weighted by Gasteiger charge is -2.17. The van der Waals surface area contributed by atoms with Crippen molar-refractivity contribution in [2.45, 2.75) is 26.0 Å². The van der Waals surface area contributed by atoms with Crippen molar-refractivity contribution >= 4 is 11.6 Å². The lowest BCUT2D eigenvalue weighted by atomic mass is 10.1. The van der Waals surface area contributed by atoms with E-state index in [9.17, 15) is 5.11 Å². The molecule has 2 N–H and O–H groups in total. The van der Waals surface area contributed by atoms with E-state index < -0.39 is 6.10 Å². The van der Waals surface area contributed by atoms with Crippen LogP contribution in [0, 0.1) is 0 Å². The van der Waals surface area contributed by atoms with Crippen molar-refractivity contribution in [3.8, 4) is 5.75 Å². The maximum atomic E-state index is 10.0. The number of halogens is 1. The van der Waals surface area contributed by atoms with Gasteiger partial charge in [0, 0.05) is 23.2 Å². The number of aliphatic hydroxyl groups is 1. The van der Waals surface area contributed by atoms with Crippen LogP contribution in [0.25, 0.3) is 0 Å². The standard InChI is InChI=1S/C12H18ClNO2/c1-8(2)14-7-11(15)10-6-9(13)4-5-12(10)16-3/h4-6,8,11,14-15H,7H2,1-3H3. The zero-order valence-electron chi connectivity index (χ0n) is 9.83. The van der Waals surface area contributed by atoms with E-state index in [-0.39, 0.29) is 0 Å². The molecule has 0 saturated carbocycles. The van der Waals surface area contributed by atoms with Crippen molar-refractivity contribution < 1.29 is 9.84 Å². The summed E-state index contributed by atoms with van der Waals surface area (Å²) in [5.74, 6) is 0.655. The normalized spacial score (nSPS) is 12.9. The minimum Gasteiger partial charge on any atom is -0.496 e. The van der Waals surface area contributed by atoms with E-state index in [0.717, 1.165) is 0 Å². The van der Waals surface area contributed by atoms with Crippen LogP contribution in [-0.4, -0.2) is 24.8 Å². The number of methoxy groups -OCH3 is 1. The lowest BCUT2D eigenvalue weighted by molar-refractivity contribution is 0.167. The minimum atomic E-state index is -0.615. The molecule has 0 spiro atoms. The molecule has 16 heavy (non-hydrogen) atoms. The van der Waals surface area contributed by atoms with E-state index in [1.807, 2.05) is 13.8 Å². The first-order valence-corrected chi connectivity index (χ1v) is 5.67. The zero-order chi connectivity index (χ0) is 12.1. The molecular weight excluding hydrogens is 226 g/mol. The van der Waals surface area contributed by atoms with Crippen molar-refractivity contribution in [1.29, 1.82) is 0 Å². The van der Waals surface area contributed by atoms with Crippen molar-refractivity contribution in [2.24, 2.45) is 0 Å². The average Bonchev–Trinajstić information content (AvgIpc) is 2.25. The SMILES string of the molecule is COc1ccc(Cl)cc1C(O)CNC(C)C. The van der Waals surface area contributed by atoms with E-state index >= 15 is 0 Å². The van der Waals surface area contributed by atoms with Crippen LogP contribution in [0.2, 0.25) is 5.02 Å². The maximum absolute atomic E-state index is 10.0. The molecule has 0 aromatic heterocycles. The highest BCUT2D eigenvalue weighted by Gasteiger charge is 2.13. The summed E-state index contributed by atoms with van der Waals surface area (Å²) in [5, 5.41) is 13.8. The molecule has 0 saturated heterocycles. The lowest BCUT2D eigenvalue weighted by Crippen LogP contribution is -2.28. The number of aliphatic hydroxyl groups excluding tert-OH is 1. The van der Waals surface area contributed by atoms with Gasteiger partial charge < -0.3 is 15.2 Å². The molecule has 0 aliphatic heterocycles. The van der Waals surface area contributed by atoms with Gasteiger partial charge in [0.05, 0.1) is 13.2 Å². The van der Waals surface area contributed by atoms with Crippen molar-refractivity contribution in [3.05, 3.63) is 28.8 Å². The molecule has 3 nitrogen and oxygen atoms in total. The molecule has 0 bridgehead atoms. The second kappa shape index (κ2) is 6.09. The number of benzene rings is 1. The van der Waals surface area contributed by atoms with Crippen LogP contribution in [0.3, 0.4) is 0 Å². The van der Waals surface area contributed by atoms with E-state index in [1.165, 1.54) is 0 Å². The third-order valence-corrected chi connectivity index (χ3v) is 2.51. The smallest absolute Gasteiger partial charge is 0.124 e. The quantitative estimate of drug-likeness (QED) is 0.835. The van der Waals surface area contributed by atoms with Crippen molar-refractivity contribution in [2.75, 3.05) is 13.7 Å². The van der Waals surface area contributed by atoms with E-state index in [4.69, 9.17) is 16.3 Å². The fourth-order valence-corrected chi connectivity index (χ4v) is 1.60. The third kappa shape index (κ3) is 3.67. The van der Waals surface area contributed by atoms with Gasteiger partial charge >= 0.3 is 0 Å².